The van der Waals surface area contributed by atoms with Crippen LogP contribution in [0.1, 0.15) is 0 Å². The van der Waals surface area contributed by atoms with Crippen LogP contribution in [-0.4, -0.2) is 14.5 Å². The number of hydrogen-bond acceptors (Lipinski definition) is 3. The normalized spacial score (nSPS) is 11.8. The van der Waals surface area contributed by atoms with Crippen molar-refractivity contribution in [2.75, 3.05) is 0 Å². The van der Waals surface area contributed by atoms with Gasteiger partial charge in [0.25, 0.3) is 0 Å². The Morgan fingerprint density at radius 2 is 1.17 bits per heavy atom. The highest BCUT2D eigenvalue weighted by Crippen LogP contribution is 2.42. The molecule has 0 aliphatic rings. The molecule has 4 nitrogen and oxygen atoms in total. The van der Waals surface area contributed by atoms with Crippen molar-refractivity contribution in [3.05, 3.63) is 140 Å². The van der Waals surface area contributed by atoms with Gasteiger partial charge in [0.05, 0.1) is 16.7 Å². The number of rotatable bonds is 3. The molecule has 3 heterocycles. The summed E-state index contributed by atoms with van der Waals surface area (Å²) in [4.78, 5) is 10.2. The second kappa shape index (κ2) is 8.88. The van der Waals surface area contributed by atoms with Crippen LogP contribution >= 0.6 is 0 Å². The summed E-state index contributed by atoms with van der Waals surface area (Å²) in [7, 11) is 0. The lowest BCUT2D eigenvalue weighted by molar-refractivity contribution is 0.669. The fourth-order valence-electron chi connectivity index (χ4n) is 6.36. The van der Waals surface area contributed by atoms with Crippen molar-refractivity contribution in [1.82, 2.24) is 14.5 Å². The molecule has 0 saturated carbocycles. The molecule has 0 unspecified atom stereocenters. The van der Waals surface area contributed by atoms with Gasteiger partial charge in [-0.2, -0.15) is 0 Å². The minimum Gasteiger partial charge on any atom is -0.456 e. The lowest BCUT2D eigenvalue weighted by Gasteiger charge is -2.12. The first-order chi connectivity index (χ1) is 20.8. The largest absolute Gasteiger partial charge is 0.456 e. The zero-order valence-corrected chi connectivity index (χ0v) is 22.5. The number of nitrogens with zero attached hydrogens (tertiary/aromatic N) is 3. The highest BCUT2D eigenvalue weighted by Gasteiger charge is 2.20. The van der Waals surface area contributed by atoms with Crippen LogP contribution in [0.2, 0.25) is 0 Å². The van der Waals surface area contributed by atoms with Gasteiger partial charge in [-0.15, -0.1) is 0 Å². The van der Waals surface area contributed by atoms with Gasteiger partial charge in [0.15, 0.2) is 5.82 Å². The van der Waals surface area contributed by atoms with Gasteiger partial charge in [-0.25, -0.2) is 9.97 Å². The molecule has 0 amide bonds. The van der Waals surface area contributed by atoms with E-state index in [9.17, 15) is 0 Å². The van der Waals surface area contributed by atoms with Crippen molar-refractivity contribution in [2.24, 2.45) is 0 Å². The van der Waals surface area contributed by atoms with Gasteiger partial charge in [0, 0.05) is 44.1 Å². The van der Waals surface area contributed by atoms with Crippen molar-refractivity contribution in [3.8, 4) is 28.5 Å². The monoisotopic (exact) mass is 537 g/mol. The van der Waals surface area contributed by atoms with Crippen molar-refractivity contribution >= 4 is 54.5 Å². The van der Waals surface area contributed by atoms with Gasteiger partial charge in [-0.1, -0.05) is 109 Å². The molecule has 42 heavy (non-hydrogen) atoms. The Bertz CT molecular complexity index is 2400. The molecule has 3 aromatic heterocycles. The number of benzene rings is 6. The molecule has 4 heteroatoms. The molecule has 9 aromatic rings. The van der Waals surface area contributed by atoms with Crippen molar-refractivity contribution in [1.29, 1.82) is 0 Å². The Kier molecular flexibility index (Phi) is 4.87. The second-order valence-corrected chi connectivity index (χ2v) is 10.6. The Balaban J connectivity index is 1.44. The van der Waals surface area contributed by atoms with Gasteiger partial charge >= 0.3 is 0 Å². The fraction of sp³-hybridized carbons (Fsp3) is 0. The van der Waals surface area contributed by atoms with Crippen LogP contribution in [0.15, 0.2) is 144 Å². The smallest absolute Gasteiger partial charge is 0.162 e. The van der Waals surface area contributed by atoms with Gasteiger partial charge in [0.2, 0.25) is 0 Å². The molecule has 0 spiro atoms. The first kappa shape index (κ1) is 23.0. The van der Waals surface area contributed by atoms with Gasteiger partial charge in [-0.05, 0) is 29.7 Å². The third-order valence-electron chi connectivity index (χ3n) is 8.20. The van der Waals surface area contributed by atoms with Crippen LogP contribution in [0.4, 0.5) is 0 Å². The zero-order chi connectivity index (χ0) is 27.6. The number of hydrogen-bond donors (Lipinski definition) is 0. The minimum absolute atomic E-state index is 0.696. The summed E-state index contributed by atoms with van der Waals surface area (Å²) in [6.45, 7) is 0. The minimum atomic E-state index is 0.696. The Morgan fingerprint density at radius 3 is 2.00 bits per heavy atom. The van der Waals surface area contributed by atoms with Gasteiger partial charge < -0.3 is 4.42 Å². The Labute approximate surface area is 241 Å². The lowest BCUT2D eigenvalue weighted by Crippen LogP contribution is -2.02. The van der Waals surface area contributed by atoms with Crippen LogP contribution in [0.3, 0.4) is 0 Å². The SMILES string of the molecule is c1ccc(-c2cc(-n3c4ccccc4c4c5c(ccc6oc7ccccc7c65)ccc43)nc(-c3ccccc3)n2)cc1. The van der Waals surface area contributed by atoms with E-state index < -0.39 is 0 Å². The van der Waals surface area contributed by atoms with E-state index in [0.717, 1.165) is 55.6 Å². The molecule has 0 saturated heterocycles. The molecule has 0 bridgehead atoms. The molecule has 6 aromatic carbocycles. The standard InChI is InChI=1S/C38H23N3O/c1-3-11-24(12-4-1)29-23-34(40-38(39-29)26-13-5-2-6-14-26)41-30-17-9-7-15-27(30)36-31(41)21-19-25-20-22-33-37(35(25)36)28-16-8-10-18-32(28)42-33/h1-23H. The molecule has 0 aliphatic carbocycles. The topological polar surface area (TPSA) is 43.9 Å². The summed E-state index contributed by atoms with van der Waals surface area (Å²) in [5.41, 5.74) is 6.91. The van der Waals surface area contributed by atoms with Crippen LogP contribution in [0, 0.1) is 0 Å². The van der Waals surface area contributed by atoms with E-state index in [0.29, 0.717) is 5.82 Å². The summed E-state index contributed by atoms with van der Waals surface area (Å²) in [5.74, 6) is 1.53. The highest BCUT2D eigenvalue weighted by atomic mass is 16.3. The summed E-state index contributed by atoms with van der Waals surface area (Å²) >= 11 is 0. The average Bonchev–Trinajstić information content (AvgIpc) is 3.61. The summed E-state index contributed by atoms with van der Waals surface area (Å²) in [6, 6.07) is 48.2. The van der Waals surface area contributed by atoms with E-state index >= 15 is 0 Å². The maximum Gasteiger partial charge on any atom is 0.162 e. The fourth-order valence-corrected chi connectivity index (χ4v) is 6.36. The highest BCUT2D eigenvalue weighted by molar-refractivity contribution is 6.31. The summed E-state index contributed by atoms with van der Waals surface area (Å²) in [6.07, 6.45) is 0. The van der Waals surface area contributed by atoms with E-state index in [1.165, 1.54) is 21.5 Å². The van der Waals surface area contributed by atoms with E-state index in [-0.39, 0.29) is 0 Å². The molecule has 9 rings (SSSR count). The number of fused-ring (bicyclic) bond motifs is 9. The van der Waals surface area contributed by atoms with Gasteiger partial charge in [0.1, 0.15) is 17.0 Å². The molecule has 0 aliphatic heterocycles. The van der Waals surface area contributed by atoms with Crippen LogP contribution in [0.5, 0.6) is 0 Å². The first-order valence-corrected chi connectivity index (χ1v) is 14.1. The van der Waals surface area contributed by atoms with Crippen LogP contribution in [0.25, 0.3) is 83.0 Å². The Hall–Kier alpha value is -5.74. The Morgan fingerprint density at radius 1 is 0.476 bits per heavy atom. The van der Waals surface area contributed by atoms with Crippen molar-refractivity contribution in [3.63, 3.8) is 0 Å². The average molecular weight is 538 g/mol. The molecular formula is C38H23N3O. The summed E-state index contributed by atoms with van der Waals surface area (Å²) in [5, 5.41) is 7.03. The van der Waals surface area contributed by atoms with E-state index in [2.05, 4.69) is 95.6 Å². The van der Waals surface area contributed by atoms with Crippen molar-refractivity contribution in [2.45, 2.75) is 0 Å². The molecular weight excluding hydrogens is 514 g/mol. The van der Waals surface area contributed by atoms with E-state index in [4.69, 9.17) is 14.4 Å². The van der Waals surface area contributed by atoms with Crippen molar-refractivity contribution < 1.29 is 4.42 Å². The summed E-state index contributed by atoms with van der Waals surface area (Å²) < 4.78 is 8.60. The van der Waals surface area contributed by atoms with Gasteiger partial charge in [-0.3, -0.25) is 4.57 Å². The van der Waals surface area contributed by atoms with E-state index in [1.54, 1.807) is 0 Å². The number of aromatic nitrogens is 3. The molecule has 196 valence electrons. The zero-order valence-electron chi connectivity index (χ0n) is 22.5. The lowest BCUT2D eigenvalue weighted by atomic mass is 9.99. The predicted octanol–water partition coefficient (Wildman–Crippen LogP) is 9.96. The van der Waals surface area contributed by atoms with E-state index in [1.807, 2.05) is 48.5 Å². The molecule has 0 atom stereocenters. The molecule has 0 N–H and O–H groups in total. The first-order valence-electron chi connectivity index (χ1n) is 14.1. The third kappa shape index (κ3) is 3.36. The molecule has 0 fully saturated rings. The predicted molar refractivity (Wildman–Crippen MR) is 172 cm³/mol. The number of para-hydroxylation sites is 2. The number of furan rings is 1. The molecule has 0 radical (unpaired) electrons. The maximum absolute atomic E-state index is 6.31. The second-order valence-electron chi connectivity index (χ2n) is 10.6. The van der Waals surface area contributed by atoms with Crippen LogP contribution in [-0.2, 0) is 0 Å². The quantitative estimate of drug-likeness (QED) is 0.225. The maximum atomic E-state index is 6.31. The third-order valence-corrected chi connectivity index (χ3v) is 8.20. The van der Waals surface area contributed by atoms with Crippen LogP contribution < -0.4 is 0 Å².